The van der Waals surface area contributed by atoms with Gasteiger partial charge in [0.25, 0.3) is 5.56 Å². The van der Waals surface area contributed by atoms with Crippen molar-refractivity contribution in [3.8, 4) is 0 Å². The highest BCUT2D eigenvalue weighted by atomic mass is 32.1. The Morgan fingerprint density at radius 2 is 2.08 bits per heavy atom. The first-order valence-electron chi connectivity index (χ1n) is 7.77. The van der Waals surface area contributed by atoms with Gasteiger partial charge in [0.15, 0.2) is 0 Å². The minimum atomic E-state index is -0.534. The van der Waals surface area contributed by atoms with Crippen molar-refractivity contribution in [1.82, 2.24) is 9.97 Å². The van der Waals surface area contributed by atoms with E-state index in [1.54, 1.807) is 12.1 Å². The summed E-state index contributed by atoms with van der Waals surface area (Å²) in [4.78, 5) is 33.6. The molecule has 3 aromatic heterocycles. The summed E-state index contributed by atoms with van der Waals surface area (Å²) in [6, 6.07) is 5.94. The third-order valence-corrected chi connectivity index (χ3v) is 6.30. The lowest BCUT2D eigenvalue weighted by molar-refractivity contribution is 0.0468. The van der Waals surface area contributed by atoms with Gasteiger partial charge in [-0.3, -0.25) is 4.79 Å². The maximum atomic E-state index is 13.3. The number of ether oxygens (including phenoxy) is 1. The number of fused-ring (bicyclic) bond motifs is 2. The van der Waals surface area contributed by atoms with Crippen LogP contribution in [0.4, 0.5) is 4.39 Å². The van der Waals surface area contributed by atoms with Crippen LogP contribution in [0.3, 0.4) is 0 Å². The van der Waals surface area contributed by atoms with E-state index in [1.165, 1.54) is 34.8 Å². The summed E-state index contributed by atoms with van der Waals surface area (Å²) in [7, 11) is 0. The van der Waals surface area contributed by atoms with Crippen LogP contribution in [-0.2, 0) is 11.3 Å². The monoisotopic (exact) mass is 388 g/mol. The van der Waals surface area contributed by atoms with E-state index in [9.17, 15) is 14.0 Å². The van der Waals surface area contributed by atoms with Crippen LogP contribution in [0.2, 0.25) is 0 Å². The Morgan fingerprint density at radius 1 is 1.27 bits per heavy atom. The molecule has 0 aliphatic rings. The van der Waals surface area contributed by atoms with Gasteiger partial charge in [-0.05, 0) is 49.1 Å². The SMILES string of the molecule is Cc1sc2nc(COC(=O)c3cc4cc(F)ccc4s3)[nH]c(=O)c2c1C. The molecular formula is C18H13FN2O3S2. The first-order valence-corrected chi connectivity index (χ1v) is 9.41. The van der Waals surface area contributed by atoms with Gasteiger partial charge in [0, 0.05) is 9.58 Å². The summed E-state index contributed by atoms with van der Waals surface area (Å²) < 4.78 is 19.3. The van der Waals surface area contributed by atoms with E-state index in [2.05, 4.69) is 9.97 Å². The van der Waals surface area contributed by atoms with Crippen LogP contribution in [0.5, 0.6) is 0 Å². The number of aromatic nitrogens is 2. The quantitative estimate of drug-likeness (QED) is 0.531. The Morgan fingerprint density at radius 3 is 2.88 bits per heavy atom. The van der Waals surface area contributed by atoms with Gasteiger partial charge < -0.3 is 9.72 Å². The van der Waals surface area contributed by atoms with Crippen molar-refractivity contribution >= 4 is 48.9 Å². The van der Waals surface area contributed by atoms with Crippen LogP contribution in [-0.4, -0.2) is 15.9 Å². The number of nitrogens with zero attached hydrogens (tertiary/aromatic N) is 1. The van der Waals surface area contributed by atoms with Crippen molar-refractivity contribution in [2.75, 3.05) is 0 Å². The van der Waals surface area contributed by atoms with Crippen LogP contribution in [0.25, 0.3) is 20.3 Å². The second-order valence-electron chi connectivity index (χ2n) is 5.84. The van der Waals surface area contributed by atoms with E-state index < -0.39 is 5.97 Å². The predicted molar refractivity (Wildman–Crippen MR) is 101 cm³/mol. The van der Waals surface area contributed by atoms with Gasteiger partial charge in [-0.2, -0.15) is 0 Å². The van der Waals surface area contributed by atoms with Gasteiger partial charge >= 0.3 is 5.97 Å². The maximum absolute atomic E-state index is 13.3. The first-order chi connectivity index (χ1) is 12.4. The van der Waals surface area contributed by atoms with E-state index >= 15 is 0 Å². The molecule has 3 heterocycles. The molecule has 0 saturated heterocycles. The summed E-state index contributed by atoms with van der Waals surface area (Å²) in [6.07, 6.45) is 0. The fraction of sp³-hybridized carbons (Fsp3) is 0.167. The molecule has 4 rings (SSSR count). The van der Waals surface area contributed by atoms with Crippen LogP contribution in [0, 0.1) is 19.7 Å². The Bertz CT molecular complexity index is 1220. The number of nitrogens with one attached hydrogen (secondary N) is 1. The second kappa shape index (κ2) is 6.30. The van der Waals surface area contributed by atoms with E-state index in [1.807, 2.05) is 13.8 Å². The smallest absolute Gasteiger partial charge is 0.348 e. The standard InChI is InChI=1S/C18H13FN2O3S2/c1-8-9(2)25-17-15(8)16(22)20-14(21-17)7-24-18(23)13-6-10-5-11(19)3-4-12(10)26-13/h3-6H,7H2,1-2H3,(H,20,21,22). The van der Waals surface area contributed by atoms with E-state index in [0.717, 1.165) is 15.1 Å². The highest BCUT2D eigenvalue weighted by molar-refractivity contribution is 7.20. The molecule has 0 aliphatic carbocycles. The molecule has 132 valence electrons. The van der Waals surface area contributed by atoms with Crippen molar-refractivity contribution < 1.29 is 13.9 Å². The molecule has 0 aliphatic heterocycles. The fourth-order valence-electron chi connectivity index (χ4n) is 2.69. The summed E-state index contributed by atoms with van der Waals surface area (Å²) in [6.45, 7) is 3.68. The number of benzene rings is 1. The van der Waals surface area contributed by atoms with E-state index in [4.69, 9.17) is 4.74 Å². The van der Waals surface area contributed by atoms with Crippen molar-refractivity contribution in [1.29, 1.82) is 0 Å². The molecule has 0 amide bonds. The lowest BCUT2D eigenvalue weighted by Crippen LogP contribution is -2.14. The lowest BCUT2D eigenvalue weighted by atomic mass is 10.2. The molecule has 4 aromatic rings. The number of hydrogen-bond donors (Lipinski definition) is 1. The minimum Gasteiger partial charge on any atom is -0.453 e. The van der Waals surface area contributed by atoms with Crippen molar-refractivity contribution in [2.45, 2.75) is 20.5 Å². The average molecular weight is 388 g/mol. The minimum absolute atomic E-state index is 0.136. The molecule has 0 bridgehead atoms. The van der Waals surface area contributed by atoms with Crippen LogP contribution < -0.4 is 5.56 Å². The molecule has 26 heavy (non-hydrogen) atoms. The molecule has 8 heteroatoms. The van der Waals surface area contributed by atoms with Gasteiger partial charge in [0.05, 0.1) is 5.39 Å². The number of carbonyl (C=O) groups excluding carboxylic acids is 1. The van der Waals surface area contributed by atoms with E-state index in [-0.39, 0.29) is 18.0 Å². The molecule has 0 unspecified atom stereocenters. The second-order valence-corrected chi connectivity index (χ2v) is 8.13. The lowest BCUT2D eigenvalue weighted by Gasteiger charge is -2.03. The van der Waals surface area contributed by atoms with Gasteiger partial charge in [0.1, 0.15) is 28.0 Å². The van der Waals surface area contributed by atoms with Crippen molar-refractivity contribution in [3.05, 3.63) is 61.6 Å². The zero-order valence-electron chi connectivity index (χ0n) is 13.9. The number of halogens is 1. The molecule has 1 aromatic carbocycles. The van der Waals surface area contributed by atoms with Crippen LogP contribution >= 0.6 is 22.7 Å². The Labute approximate surface area is 155 Å². The molecule has 5 nitrogen and oxygen atoms in total. The number of thiophene rings is 2. The molecule has 0 atom stereocenters. The van der Waals surface area contributed by atoms with Gasteiger partial charge in [0.2, 0.25) is 0 Å². The predicted octanol–water partition coefficient (Wildman–Crippen LogP) is 4.31. The topological polar surface area (TPSA) is 72.0 Å². The number of esters is 1. The highest BCUT2D eigenvalue weighted by Crippen LogP contribution is 2.28. The summed E-state index contributed by atoms with van der Waals surface area (Å²) in [5.41, 5.74) is 0.681. The number of aryl methyl sites for hydroxylation is 2. The molecule has 0 saturated carbocycles. The molecule has 0 radical (unpaired) electrons. The number of carbonyl (C=O) groups is 1. The zero-order chi connectivity index (χ0) is 18.4. The van der Waals surface area contributed by atoms with Gasteiger partial charge in [-0.15, -0.1) is 22.7 Å². The third-order valence-electron chi connectivity index (χ3n) is 4.11. The van der Waals surface area contributed by atoms with Crippen LogP contribution in [0.1, 0.15) is 25.9 Å². The summed E-state index contributed by atoms with van der Waals surface area (Å²) in [5.74, 6) is -0.594. The Hall–Kier alpha value is -2.58. The van der Waals surface area contributed by atoms with Crippen molar-refractivity contribution in [3.63, 3.8) is 0 Å². The summed E-state index contributed by atoms with van der Waals surface area (Å²) in [5, 5.41) is 1.23. The average Bonchev–Trinajstić information content (AvgIpc) is 3.13. The fourth-order valence-corrected chi connectivity index (χ4v) is 4.67. The number of aromatic amines is 1. The van der Waals surface area contributed by atoms with Crippen LogP contribution in [0.15, 0.2) is 29.1 Å². The number of H-pyrrole nitrogens is 1. The Balaban J connectivity index is 1.57. The normalized spacial score (nSPS) is 11.3. The highest BCUT2D eigenvalue weighted by Gasteiger charge is 2.15. The van der Waals surface area contributed by atoms with Gasteiger partial charge in [-0.25, -0.2) is 14.2 Å². The largest absolute Gasteiger partial charge is 0.453 e. The summed E-state index contributed by atoms with van der Waals surface area (Å²) >= 11 is 2.67. The first kappa shape index (κ1) is 16.9. The Kier molecular flexibility index (Phi) is 4.08. The molecule has 1 N–H and O–H groups in total. The molecule has 0 fully saturated rings. The molecule has 0 spiro atoms. The zero-order valence-corrected chi connectivity index (χ0v) is 15.5. The third kappa shape index (κ3) is 2.91. The number of rotatable bonds is 3. The molecular weight excluding hydrogens is 375 g/mol. The maximum Gasteiger partial charge on any atom is 0.348 e. The number of hydrogen-bond acceptors (Lipinski definition) is 6. The van der Waals surface area contributed by atoms with E-state index in [0.29, 0.717) is 26.3 Å². The van der Waals surface area contributed by atoms with Crippen molar-refractivity contribution in [2.24, 2.45) is 0 Å². The van der Waals surface area contributed by atoms with Gasteiger partial charge in [-0.1, -0.05) is 0 Å².